The highest BCUT2D eigenvalue weighted by atomic mass is 35.5. The van der Waals surface area contributed by atoms with Crippen molar-refractivity contribution in [2.24, 2.45) is 0 Å². The molecule has 0 spiro atoms. The number of hydrogen-bond donors (Lipinski definition) is 0. The molecule has 0 aliphatic rings. The SMILES string of the molecule is Cc1ccccc1C(=O)/C=C/c1ccc(Cl)c([N+](=O)[O-])c1. The molecule has 2 aromatic rings. The molecular weight excluding hydrogens is 290 g/mol. The standard InChI is InChI=1S/C16H12ClNO3/c1-11-4-2-3-5-13(11)16(19)9-7-12-6-8-14(17)15(10-12)18(20)21/h2-10H,1H3/b9-7+. The molecule has 0 atom stereocenters. The Labute approximate surface area is 126 Å². The number of allylic oxidation sites excluding steroid dienone is 1. The Balaban J connectivity index is 2.26. The number of nitrogens with zero attached hydrogens (tertiary/aromatic N) is 1. The van der Waals surface area contributed by atoms with Crippen LogP contribution in [0.25, 0.3) is 6.08 Å². The van der Waals surface area contributed by atoms with E-state index < -0.39 is 4.92 Å². The number of benzene rings is 2. The van der Waals surface area contributed by atoms with Crippen LogP contribution in [-0.4, -0.2) is 10.7 Å². The molecule has 21 heavy (non-hydrogen) atoms. The molecule has 2 aromatic carbocycles. The highest BCUT2D eigenvalue weighted by Gasteiger charge is 2.12. The summed E-state index contributed by atoms with van der Waals surface area (Å²) in [6.45, 7) is 1.86. The Kier molecular flexibility index (Phi) is 4.50. The van der Waals surface area contributed by atoms with E-state index in [-0.39, 0.29) is 16.5 Å². The molecule has 0 aromatic heterocycles. The zero-order valence-corrected chi connectivity index (χ0v) is 12.0. The van der Waals surface area contributed by atoms with Gasteiger partial charge in [-0.15, -0.1) is 0 Å². The Bertz CT molecular complexity index is 738. The van der Waals surface area contributed by atoms with Gasteiger partial charge in [-0.25, -0.2) is 0 Å². The maximum atomic E-state index is 12.1. The second kappa shape index (κ2) is 6.33. The van der Waals surface area contributed by atoms with E-state index in [0.29, 0.717) is 11.1 Å². The van der Waals surface area contributed by atoms with Gasteiger partial charge in [-0.05, 0) is 30.2 Å². The van der Waals surface area contributed by atoms with Gasteiger partial charge in [-0.3, -0.25) is 14.9 Å². The molecule has 0 N–H and O–H groups in total. The third-order valence-electron chi connectivity index (χ3n) is 3.00. The van der Waals surface area contributed by atoms with Crippen LogP contribution < -0.4 is 0 Å². The van der Waals surface area contributed by atoms with Crippen LogP contribution in [0.15, 0.2) is 48.5 Å². The first-order valence-corrected chi connectivity index (χ1v) is 6.59. The summed E-state index contributed by atoms with van der Waals surface area (Å²) < 4.78 is 0. The van der Waals surface area contributed by atoms with Crippen LogP contribution in [0, 0.1) is 17.0 Å². The molecular formula is C16H12ClNO3. The third kappa shape index (κ3) is 3.55. The number of nitro groups is 1. The van der Waals surface area contributed by atoms with Crippen LogP contribution >= 0.6 is 11.6 Å². The molecule has 0 amide bonds. The van der Waals surface area contributed by atoms with E-state index in [1.807, 2.05) is 19.1 Å². The molecule has 0 aliphatic carbocycles. The van der Waals surface area contributed by atoms with Crippen molar-refractivity contribution >= 4 is 29.1 Å². The molecule has 0 fully saturated rings. The summed E-state index contributed by atoms with van der Waals surface area (Å²) in [5.41, 5.74) is 1.86. The van der Waals surface area contributed by atoms with E-state index in [4.69, 9.17) is 11.6 Å². The molecule has 0 radical (unpaired) electrons. The lowest BCUT2D eigenvalue weighted by Crippen LogP contribution is -1.97. The minimum absolute atomic E-state index is 0.0716. The average Bonchev–Trinajstić information content (AvgIpc) is 2.46. The van der Waals surface area contributed by atoms with Crippen LogP contribution in [0.1, 0.15) is 21.5 Å². The van der Waals surface area contributed by atoms with Crippen LogP contribution in [0.2, 0.25) is 5.02 Å². The van der Waals surface area contributed by atoms with Crippen molar-refractivity contribution in [3.05, 3.63) is 80.4 Å². The summed E-state index contributed by atoms with van der Waals surface area (Å²) in [6.07, 6.45) is 2.94. The molecule has 0 heterocycles. The van der Waals surface area contributed by atoms with Gasteiger partial charge in [-0.1, -0.05) is 48.0 Å². The maximum absolute atomic E-state index is 12.1. The van der Waals surface area contributed by atoms with Crippen molar-refractivity contribution in [1.29, 1.82) is 0 Å². The molecule has 0 saturated carbocycles. The minimum Gasteiger partial charge on any atom is -0.289 e. The lowest BCUT2D eigenvalue weighted by Gasteiger charge is -2.00. The van der Waals surface area contributed by atoms with E-state index in [2.05, 4.69) is 0 Å². The number of rotatable bonds is 4. The summed E-state index contributed by atoms with van der Waals surface area (Å²) in [6, 6.07) is 11.7. The molecule has 0 bridgehead atoms. The number of ketones is 1. The Hall–Kier alpha value is -2.46. The lowest BCUT2D eigenvalue weighted by molar-refractivity contribution is -0.384. The molecule has 2 rings (SSSR count). The quantitative estimate of drug-likeness (QED) is 0.363. The van der Waals surface area contributed by atoms with Gasteiger partial charge in [-0.2, -0.15) is 0 Å². The summed E-state index contributed by atoms with van der Waals surface area (Å²) >= 11 is 5.74. The monoisotopic (exact) mass is 301 g/mol. The molecule has 4 nitrogen and oxygen atoms in total. The second-order valence-electron chi connectivity index (χ2n) is 4.48. The number of hydrogen-bond acceptors (Lipinski definition) is 3. The van der Waals surface area contributed by atoms with Gasteiger partial charge >= 0.3 is 0 Å². The van der Waals surface area contributed by atoms with Crippen LogP contribution in [0.4, 0.5) is 5.69 Å². The zero-order valence-electron chi connectivity index (χ0n) is 11.2. The summed E-state index contributed by atoms with van der Waals surface area (Å²) in [7, 11) is 0. The minimum atomic E-state index is -0.553. The predicted molar refractivity (Wildman–Crippen MR) is 82.6 cm³/mol. The van der Waals surface area contributed by atoms with E-state index in [9.17, 15) is 14.9 Å². The van der Waals surface area contributed by atoms with Gasteiger partial charge in [0.2, 0.25) is 0 Å². The van der Waals surface area contributed by atoms with E-state index in [1.165, 1.54) is 24.3 Å². The van der Waals surface area contributed by atoms with E-state index in [0.717, 1.165) is 5.56 Å². The molecule has 0 aliphatic heterocycles. The first-order chi connectivity index (χ1) is 9.99. The number of carbonyl (C=O) groups excluding carboxylic acids is 1. The fourth-order valence-electron chi connectivity index (χ4n) is 1.88. The van der Waals surface area contributed by atoms with Gasteiger partial charge in [0.25, 0.3) is 5.69 Å². The normalized spacial score (nSPS) is 10.8. The van der Waals surface area contributed by atoms with Crippen LogP contribution in [-0.2, 0) is 0 Å². The first kappa shape index (κ1) is 14.9. The average molecular weight is 302 g/mol. The highest BCUT2D eigenvalue weighted by molar-refractivity contribution is 6.32. The summed E-state index contributed by atoms with van der Waals surface area (Å²) in [5.74, 6) is -0.147. The van der Waals surface area contributed by atoms with Gasteiger partial charge in [0.15, 0.2) is 5.78 Å². The lowest BCUT2D eigenvalue weighted by atomic mass is 10.0. The van der Waals surface area contributed by atoms with Crippen molar-refractivity contribution in [2.45, 2.75) is 6.92 Å². The van der Waals surface area contributed by atoms with Gasteiger partial charge < -0.3 is 0 Å². The largest absolute Gasteiger partial charge is 0.289 e. The summed E-state index contributed by atoms with van der Waals surface area (Å²) in [4.78, 5) is 22.3. The van der Waals surface area contributed by atoms with Gasteiger partial charge in [0.1, 0.15) is 5.02 Å². The maximum Gasteiger partial charge on any atom is 0.288 e. The van der Waals surface area contributed by atoms with Gasteiger partial charge in [0, 0.05) is 11.6 Å². The predicted octanol–water partition coefficient (Wildman–Crippen LogP) is 4.45. The number of carbonyl (C=O) groups is 1. The fourth-order valence-corrected chi connectivity index (χ4v) is 2.07. The van der Waals surface area contributed by atoms with Crippen molar-refractivity contribution in [3.63, 3.8) is 0 Å². The van der Waals surface area contributed by atoms with Crippen molar-refractivity contribution < 1.29 is 9.72 Å². The fraction of sp³-hybridized carbons (Fsp3) is 0.0625. The summed E-state index contributed by atoms with van der Waals surface area (Å²) in [5, 5.41) is 10.9. The topological polar surface area (TPSA) is 60.2 Å². The molecule has 0 saturated heterocycles. The Morgan fingerprint density at radius 2 is 1.95 bits per heavy atom. The highest BCUT2D eigenvalue weighted by Crippen LogP contribution is 2.25. The molecule has 0 unspecified atom stereocenters. The van der Waals surface area contributed by atoms with Crippen molar-refractivity contribution in [1.82, 2.24) is 0 Å². The van der Waals surface area contributed by atoms with Crippen LogP contribution in [0.3, 0.4) is 0 Å². The smallest absolute Gasteiger partial charge is 0.288 e. The molecule has 5 heteroatoms. The van der Waals surface area contributed by atoms with Crippen LogP contribution in [0.5, 0.6) is 0 Å². The number of nitro benzene ring substituents is 1. The molecule has 106 valence electrons. The number of halogens is 1. The zero-order chi connectivity index (χ0) is 15.4. The van der Waals surface area contributed by atoms with Gasteiger partial charge in [0.05, 0.1) is 4.92 Å². The Morgan fingerprint density at radius 1 is 1.24 bits per heavy atom. The second-order valence-corrected chi connectivity index (χ2v) is 4.89. The third-order valence-corrected chi connectivity index (χ3v) is 3.32. The first-order valence-electron chi connectivity index (χ1n) is 6.21. The number of aryl methyl sites for hydroxylation is 1. The van der Waals surface area contributed by atoms with Crippen molar-refractivity contribution in [3.8, 4) is 0 Å². The van der Waals surface area contributed by atoms with E-state index in [1.54, 1.807) is 18.2 Å². The van der Waals surface area contributed by atoms with Crippen molar-refractivity contribution in [2.75, 3.05) is 0 Å². The Morgan fingerprint density at radius 3 is 2.62 bits per heavy atom. The van der Waals surface area contributed by atoms with E-state index >= 15 is 0 Å².